The van der Waals surface area contributed by atoms with E-state index in [1.807, 2.05) is 48.5 Å². The number of carbonyl (C=O) groups is 1. The van der Waals surface area contributed by atoms with Gasteiger partial charge in [-0.2, -0.15) is 5.10 Å². The van der Waals surface area contributed by atoms with Crippen LogP contribution in [0.1, 0.15) is 11.1 Å². The number of carboxylic acids is 1. The van der Waals surface area contributed by atoms with Crippen LogP contribution in [0.2, 0.25) is 0 Å². The average Bonchev–Trinajstić information content (AvgIpc) is 2.48. The fourth-order valence-electron chi connectivity index (χ4n) is 2.03. The van der Waals surface area contributed by atoms with Gasteiger partial charge in [-0.25, -0.2) is 0 Å². The van der Waals surface area contributed by atoms with E-state index in [1.54, 1.807) is 0 Å². The molecule has 0 heterocycles. The Bertz CT molecular complexity index is 717. The molecule has 2 aromatic rings. The number of benzene rings is 2. The minimum Gasteiger partial charge on any atom is -0.481 e. The van der Waals surface area contributed by atoms with Gasteiger partial charge in [0.25, 0.3) is 0 Å². The number of hydrogen-bond donors (Lipinski definition) is 3. The smallest absolute Gasteiger partial charge is 0.307 e. The highest BCUT2D eigenvalue weighted by atomic mass is 16.4. The number of hydrogen-bond acceptors (Lipinski definition) is 3. The molecule has 0 saturated carbocycles. The summed E-state index contributed by atoms with van der Waals surface area (Å²) < 4.78 is 0. The van der Waals surface area contributed by atoms with Crippen LogP contribution in [0.3, 0.4) is 0 Å². The van der Waals surface area contributed by atoms with Crippen LogP contribution in [-0.4, -0.2) is 23.2 Å². The molecule has 22 heavy (non-hydrogen) atoms. The summed E-state index contributed by atoms with van der Waals surface area (Å²) >= 11 is 0. The monoisotopic (exact) mass is 296 g/mol. The Labute approximate surface area is 127 Å². The van der Waals surface area contributed by atoms with Gasteiger partial charge in [0.15, 0.2) is 0 Å². The number of carboxylic acid groups (broad SMARTS) is 1. The van der Waals surface area contributed by atoms with Crippen molar-refractivity contribution in [2.75, 3.05) is 0 Å². The van der Waals surface area contributed by atoms with Crippen molar-refractivity contribution in [3.8, 4) is 11.1 Å². The lowest BCUT2D eigenvalue weighted by molar-refractivity contribution is -0.136. The van der Waals surface area contributed by atoms with Gasteiger partial charge < -0.3 is 16.6 Å². The minimum absolute atomic E-state index is 0.0100. The summed E-state index contributed by atoms with van der Waals surface area (Å²) in [5, 5.41) is 16.2. The van der Waals surface area contributed by atoms with Crippen molar-refractivity contribution < 1.29 is 9.90 Å². The maximum atomic E-state index is 10.9. The molecule has 0 spiro atoms. The zero-order chi connectivity index (χ0) is 15.9. The first-order valence-electron chi connectivity index (χ1n) is 6.58. The molecular formula is C16H16N4O2. The molecule has 5 N–H and O–H groups in total. The Morgan fingerprint density at radius 3 is 2.41 bits per heavy atom. The lowest BCUT2D eigenvalue weighted by atomic mass is 9.97. The third-order valence-electron chi connectivity index (χ3n) is 2.96. The minimum atomic E-state index is -0.853. The number of aliphatic carboxylic acids is 1. The quantitative estimate of drug-likeness (QED) is 0.441. The lowest BCUT2D eigenvalue weighted by Gasteiger charge is -2.08. The topological polar surface area (TPSA) is 114 Å². The molecule has 0 aliphatic rings. The second-order valence-electron chi connectivity index (χ2n) is 4.62. The highest BCUT2D eigenvalue weighted by Gasteiger charge is 2.07. The van der Waals surface area contributed by atoms with Gasteiger partial charge in [-0.3, -0.25) is 4.79 Å². The zero-order valence-corrected chi connectivity index (χ0v) is 11.8. The van der Waals surface area contributed by atoms with Crippen molar-refractivity contribution in [1.82, 2.24) is 0 Å². The standard InChI is InChI=1S/C16H16N4O2/c17-16(18)20-19-10-11-5-7-12(8-6-11)14-4-2-1-3-13(14)9-15(21)22/h1-8,10H,9H2,(H,21,22)(H4,17,18,20). The maximum absolute atomic E-state index is 10.9. The molecule has 112 valence electrons. The Balaban J connectivity index is 2.26. The first-order valence-corrected chi connectivity index (χ1v) is 6.58. The van der Waals surface area contributed by atoms with Crippen LogP contribution in [0.5, 0.6) is 0 Å². The molecule has 0 aliphatic heterocycles. The maximum Gasteiger partial charge on any atom is 0.307 e. The molecule has 6 heteroatoms. The third-order valence-corrected chi connectivity index (χ3v) is 2.96. The van der Waals surface area contributed by atoms with E-state index in [4.69, 9.17) is 16.6 Å². The van der Waals surface area contributed by atoms with Crippen molar-refractivity contribution in [2.24, 2.45) is 21.7 Å². The summed E-state index contributed by atoms with van der Waals surface area (Å²) in [6.45, 7) is 0. The average molecular weight is 296 g/mol. The van der Waals surface area contributed by atoms with Crippen LogP contribution in [-0.2, 0) is 11.2 Å². The van der Waals surface area contributed by atoms with E-state index in [9.17, 15) is 4.79 Å². The zero-order valence-electron chi connectivity index (χ0n) is 11.8. The molecule has 0 unspecified atom stereocenters. The van der Waals surface area contributed by atoms with Crippen LogP contribution in [0.15, 0.2) is 58.7 Å². The van der Waals surface area contributed by atoms with Crippen molar-refractivity contribution in [2.45, 2.75) is 6.42 Å². The number of rotatable bonds is 5. The third kappa shape index (κ3) is 4.17. The van der Waals surface area contributed by atoms with Crippen molar-refractivity contribution in [3.05, 3.63) is 59.7 Å². The molecule has 0 aromatic heterocycles. The van der Waals surface area contributed by atoms with Gasteiger partial charge in [0.1, 0.15) is 0 Å². The molecular weight excluding hydrogens is 280 g/mol. The predicted octanol–water partition coefficient (Wildman–Crippen LogP) is 1.59. The van der Waals surface area contributed by atoms with Crippen LogP contribution < -0.4 is 11.5 Å². The van der Waals surface area contributed by atoms with E-state index >= 15 is 0 Å². The molecule has 0 radical (unpaired) electrons. The van der Waals surface area contributed by atoms with E-state index < -0.39 is 5.97 Å². The van der Waals surface area contributed by atoms with Gasteiger partial charge >= 0.3 is 5.97 Å². The summed E-state index contributed by atoms with van der Waals surface area (Å²) in [5.74, 6) is -0.955. The lowest BCUT2D eigenvalue weighted by Crippen LogP contribution is -2.21. The highest BCUT2D eigenvalue weighted by molar-refractivity contribution is 5.83. The van der Waals surface area contributed by atoms with Gasteiger partial charge in [-0.1, -0.05) is 48.5 Å². The summed E-state index contributed by atoms with van der Waals surface area (Å²) in [5.41, 5.74) is 13.8. The van der Waals surface area contributed by atoms with Crippen LogP contribution >= 0.6 is 0 Å². The molecule has 0 fully saturated rings. The van der Waals surface area contributed by atoms with Crippen molar-refractivity contribution >= 4 is 18.1 Å². The second-order valence-corrected chi connectivity index (χ2v) is 4.62. The molecule has 2 rings (SSSR count). The molecule has 2 aromatic carbocycles. The molecule has 0 amide bonds. The molecule has 0 bridgehead atoms. The van der Waals surface area contributed by atoms with E-state index in [0.717, 1.165) is 22.3 Å². The normalized spacial score (nSPS) is 10.5. The van der Waals surface area contributed by atoms with Crippen LogP contribution in [0.4, 0.5) is 0 Å². The van der Waals surface area contributed by atoms with Gasteiger partial charge in [0.05, 0.1) is 12.6 Å². The van der Waals surface area contributed by atoms with Crippen LogP contribution in [0, 0.1) is 0 Å². The van der Waals surface area contributed by atoms with E-state index in [2.05, 4.69) is 10.2 Å². The Hall–Kier alpha value is -3.15. The van der Waals surface area contributed by atoms with E-state index in [0.29, 0.717) is 0 Å². The highest BCUT2D eigenvalue weighted by Crippen LogP contribution is 2.24. The summed E-state index contributed by atoms with van der Waals surface area (Å²) in [6, 6.07) is 15.0. The Kier molecular flexibility index (Phi) is 4.87. The Morgan fingerprint density at radius 2 is 1.77 bits per heavy atom. The van der Waals surface area contributed by atoms with Gasteiger partial charge in [0, 0.05) is 0 Å². The fourth-order valence-corrected chi connectivity index (χ4v) is 2.03. The molecule has 0 atom stereocenters. The van der Waals surface area contributed by atoms with Crippen LogP contribution in [0.25, 0.3) is 11.1 Å². The van der Waals surface area contributed by atoms with E-state index in [1.165, 1.54) is 6.21 Å². The number of nitrogens with zero attached hydrogens (tertiary/aromatic N) is 2. The summed E-state index contributed by atoms with van der Waals surface area (Å²) in [7, 11) is 0. The summed E-state index contributed by atoms with van der Waals surface area (Å²) in [6.07, 6.45) is 1.52. The second kappa shape index (κ2) is 7.03. The van der Waals surface area contributed by atoms with Crippen molar-refractivity contribution in [3.63, 3.8) is 0 Å². The van der Waals surface area contributed by atoms with Crippen molar-refractivity contribution in [1.29, 1.82) is 0 Å². The van der Waals surface area contributed by atoms with Gasteiger partial charge in [-0.15, -0.1) is 5.10 Å². The first-order chi connectivity index (χ1) is 10.6. The molecule has 0 aliphatic carbocycles. The summed E-state index contributed by atoms with van der Waals surface area (Å²) in [4.78, 5) is 10.9. The number of guanidine groups is 1. The SMILES string of the molecule is NC(N)=NN=Cc1ccc(-c2ccccc2CC(=O)O)cc1. The molecule has 0 saturated heterocycles. The largest absolute Gasteiger partial charge is 0.481 e. The predicted molar refractivity (Wildman–Crippen MR) is 86.6 cm³/mol. The molecule has 6 nitrogen and oxygen atoms in total. The van der Waals surface area contributed by atoms with Gasteiger partial charge in [0.2, 0.25) is 5.96 Å². The Morgan fingerprint density at radius 1 is 1.09 bits per heavy atom. The fraction of sp³-hybridized carbons (Fsp3) is 0.0625. The van der Waals surface area contributed by atoms with E-state index in [-0.39, 0.29) is 12.4 Å². The number of nitrogens with two attached hydrogens (primary N) is 2. The van der Waals surface area contributed by atoms with Gasteiger partial charge in [-0.05, 0) is 22.3 Å². The first kappa shape index (κ1) is 15.2.